The third kappa shape index (κ3) is 2.70. The highest BCUT2D eigenvalue weighted by Crippen LogP contribution is 2.36. The smallest absolute Gasteiger partial charge is 0.191 e. The Kier molecular flexibility index (Phi) is 3.86. The molecule has 0 aromatic carbocycles. The molecule has 0 aliphatic rings. The Bertz CT molecular complexity index is 454. The van der Waals surface area contributed by atoms with Crippen LogP contribution in [0.15, 0.2) is 34.3 Å². The number of hydrogen-bond donors (Lipinski definition) is 1. The number of furan rings is 1. The first kappa shape index (κ1) is 12.2. The van der Waals surface area contributed by atoms with Crippen LogP contribution >= 0.6 is 11.8 Å². The summed E-state index contributed by atoms with van der Waals surface area (Å²) in [4.78, 5) is 0. The van der Waals surface area contributed by atoms with Crippen LogP contribution in [0.3, 0.4) is 0 Å². The summed E-state index contributed by atoms with van der Waals surface area (Å²) in [7, 11) is 1.92. The molecule has 2 aromatic rings. The van der Waals surface area contributed by atoms with Gasteiger partial charge in [-0.1, -0.05) is 18.7 Å². The molecule has 0 radical (unpaired) electrons. The average molecular weight is 252 g/mol. The van der Waals surface area contributed by atoms with Gasteiger partial charge in [0.1, 0.15) is 12.1 Å². The van der Waals surface area contributed by atoms with E-state index in [0.717, 1.165) is 17.3 Å². The molecule has 0 aliphatic carbocycles. The molecule has 0 saturated carbocycles. The largest absolute Gasteiger partial charge is 0.468 e. The highest BCUT2D eigenvalue weighted by Gasteiger charge is 2.24. The topological polar surface area (TPSA) is 69.9 Å². The van der Waals surface area contributed by atoms with Gasteiger partial charge in [-0.3, -0.25) is 0 Å². The predicted octanol–water partition coefficient (Wildman–Crippen LogP) is 1.98. The van der Waals surface area contributed by atoms with E-state index < -0.39 is 0 Å². The molecule has 2 aromatic heterocycles. The van der Waals surface area contributed by atoms with Crippen LogP contribution in [0.2, 0.25) is 0 Å². The van der Waals surface area contributed by atoms with E-state index in [1.807, 2.05) is 23.7 Å². The van der Waals surface area contributed by atoms with Crippen LogP contribution in [0.4, 0.5) is 0 Å². The molecule has 17 heavy (non-hydrogen) atoms. The van der Waals surface area contributed by atoms with Crippen LogP contribution in [-0.4, -0.2) is 20.8 Å². The van der Waals surface area contributed by atoms with Crippen molar-refractivity contribution in [2.24, 2.45) is 12.8 Å². The number of nitrogens with two attached hydrogens (primary N) is 1. The lowest BCUT2D eigenvalue weighted by molar-refractivity contribution is 0.473. The second-order valence-electron chi connectivity index (χ2n) is 3.85. The summed E-state index contributed by atoms with van der Waals surface area (Å²) in [5.74, 6) is 0.882. The van der Waals surface area contributed by atoms with Crippen molar-refractivity contribution in [2.45, 2.75) is 29.8 Å². The molecule has 2 rings (SSSR count). The van der Waals surface area contributed by atoms with Crippen LogP contribution in [0, 0.1) is 0 Å². The maximum atomic E-state index is 6.14. The highest BCUT2D eigenvalue weighted by molar-refractivity contribution is 7.99. The van der Waals surface area contributed by atoms with E-state index in [1.165, 1.54) is 0 Å². The Hall–Kier alpha value is -1.27. The molecular formula is C11H16N4OS. The SMILES string of the molecule is CCC(N)C(Sc1nncn1C)c1ccco1. The summed E-state index contributed by atoms with van der Waals surface area (Å²) in [5, 5.41) is 8.83. The van der Waals surface area contributed by atoms with Crippen LogP contribution < -0.4 is 5.73 Å². The lowest BCUT2D eigenvalue weighted by Crippen LogP contribution is -2.25. The van der Waals surface area contributed by atoms with Crippen molar-refractivity contribution in [1.82, 2.24) is 14.8 Å². The lowest BCUT2D eigenvalue weighted by atomic mass is 10.1. The second-order valence-corrected chi connectivity index (χ2v) is 4.96. The van der Waals surface area contributed by atoms with Crippen molar-refractivity contribution in [1.29, 1.82) is 0 Å². The Labute approximate surface area is 104 Å². The number of aromatic nitrogens is 3. The molecule has 6 heteroatoms. The van der Waals surface area contributed by atoms with Crippen LogP contribution in [0.5, 0.6) is 0 Å². The Morgan fingerprint density at radius 3 is 2.94 bits per heavy atom. The summed E-state index contributed by atoms with van der Waals surface area (Å²) in [5.41, 5.74) is 6.14. The van der Waals surface area contributed by atoms with E-state index in [2.05, 4.69) is 17.1 Å². The monoisotopic (exact) mass is 252 g/mol. The third-order valence-electron chi connectivity index (χ3n) is 2.59. The molecule has 0 spiro atoms. The molecule has 0 amide bonds. The summed E-state index contributed by atoms with van der Waals surface area (Å²) < 4.78 is 7.33. The maximum absolute atomic E-state index is 6.14. The van der Waals surface area contributed by atoms with Gasteiger partial charge < -0.3 is 14.7 Å². The van der Waals surface area contributed by atoms with E-state index in [1.54, 1.807) is 24.4 Å². The fourth-order valence-corrected chi connectivity index (χ4v) is 2.67. The zero-order valence-corrected chi connectivity index (χ0v) is 10.7. The van der Waals surface area contributed by atoms with E-state index in [9.17, 15) is 0 Å². The maximum Gasteiger partial charge on any atom is 0.191 e. The fraction of sp³-hybridized carbons (Fsp3) is 0.455. The normalized spacial score (nSPS) is 14.8. The number of thioether (sulfide) groups is 1. The first-order valence-electron chi connectivity index (χ1n) is 5.52. The minimum atomic E-state index is 0.0304. The van der Waals surface area contributed by atoms with Gasteiger partial charge in [0.2, 0.25) is 0 Å². The van der Waals surface area contributed by atoms with Crippen molar-refractivity contribution in [3.8, 4) is 0 Å². The van der Waals surface area contributed by atoms with Gasteiger partial charge in [0.05, 0.1) is 11.5 Å². The van der Waals surface area contributed by atoms with Gasteiger partial charge in [0, 0.05) is 13.1 Å². The van der Waals surface area contributed by atoms with Gasteiger partial charge in [-0.05, 0) is 18.6 Å². The Morgan fingerprint density at radius 1 is 1.59 bits per heavy atom. The van der Waals surface area contributed by atoms with Crippen molar-refractivity contribution in [3.63, 3.8) is 0 Å². The standard InChI is InChI=1S/C11H16N4OS/c1-3-8(12)10(9-5-4-6-16-9)17-11-14-13-7-15(11)2/h4-8,10H,3,12H2,1-2H3. The van der Waals surface area contributed by atoms with E-state index in [-0.39, 0.29) is 11.3 Å². The highest BCUT2D eigenvalue weighted by atomic mass is 32.2. The number of hydrogen-bond acceptors (Lipinski definition) is 5. The van der Waals surface area contributed by atoms with Crippen molar-refractivity contribution in [3.05, 3.63) is 30.5 Å². The summed E-state index contributed by atoms with van der Waals surface area (Å²) >= 11 is 1.58. The number of rotatable bonds is 5. The summed E-state index contributed by atoms with van der Waals surface area (Å²) in [6, 6.07) is 3.86. The van der Waals surface area contributed by atoms with Gasteiger partial charge in [0.25, 0.3) is 0 Å². The molecule has 2 N–H and O–H groups in total. The van der Waals surface area contributed by atoms with E-state index in [0.29, 0.717) is 0 Å². The minimum absolute atomic E-state index is 0.0304. The molecule has 0 aliphatic heterocycles. The molecule has 2 atom stereocenters. The fourth-order valence-electron chi connectivity index (χ4n) is 1.52. The van der Waals surface area contributed by atoms with Gasteiger partial charge >= 0.3 is 0 Å². The van der Waals surface area contributed by atoms with Crippen LogP contribution in [0.25, 0.3) is 0 Å². The van der Waals surface area contributed by atoms with Crippen LogP contribution in [0.1, 0.15) is 24.4 Å². The predicted molar refractivity (Wildman–Crippen MR) is 66.6 cm³/mol. The zero-order chi connectivity index (χ0) is 12.3. The van der Waals surface area contributed by atoms with Gasteiger partial charge in [0.15, 0.2) is 5.16 Å². The molecule has 2 heterocycles. The molecule has 0 fully saturated rings. The molecular weight excluding hydrogens is 236 g/mol. The van der Waals surface area contributed by atoms with Gasteiger partial charge in [-0.15, -0.1) is 10.2 Å². The zero-order valence-electron chi connectivity index (χ0n) is 9.91. The van der Waals surface area contributed by atoms with Gasteiger partial charge in [-0.25, -0.2) is 0 Å². The van der Waals surface area contributed by atoms with Crippen LogP contribution in [-0.2, 0) is 7.05 Å². The summed E-state index contributed by atoms with van der Waals surface area (Å²) in [6.45, 7) is 2.07. The van der Waals surface area contributed by atoms with Crippen molar-refractivity contribution >= 4 is 11.8 Å². The summed E-state index contributed by atoms with van der Waals surface area (Å²) in [6.07, 6.45) is 4.23. The van der Waals surface area contributed by atoms with Crippen molar-refractivity contribution in [2.75, 3.05) is 0 Å². The molecule has 0 bridgehead atoms. The number of aryl methyl sites for hydroxylation is 1. The molecule has 92 valence electrons. The quantitative estimate of drug-likeness (QED) is 0.824. The Balaban J connectivity index is 2.20. The van der Waals surface area contributed by atoms with E-state index in [4.69, 9.17) is 10.2 Å². The first-order valence-corrected chi connectivity index (χ1v) is 6.40. The average Bonchev–Trinajstić information content (AvgIpc) is 2.97. The molecule has 5 nitrogen and oxygen atoms in total. The first-order chi connectivity index (χ1) is 8.22. The van der Waals surface area contributed by atoms with Gasteiger partial charge in [-0.2, -0.15) is 0 Å². The second kappa shape index (κ2) is 5.37. The molecule has 2 unspecified atom stereocenters. The van der Waals surface area contributed by atoms with Crippen molar-refractivity contribution < 1.29 is 4.42 Å². The Morgan fingerprint density at radius 2 is 2.41 bits per heavy atom. The van der Waals surface area contributed by atoms with E-state index >= 15 is 0 Å². The molecule has 0 saturated heterocycles. The number of nitrogens with zero attached hydrogens (tertiary/aromatic N) is 3. The third-order valence-corrected chi connectivity index (χ3v) is 4.00. The lowest BCUT2D eigenvalue weighted by Gasteiger charge is -2.19. The minimum Gasteiger partial charge on any atom is -0.468 e.